The van der Waals surface area contributed by atoms with Crippen molar-refractivity contribution in [2.75, 3.05) is 44.2 Å². The second kappa shape index (κ2) is 9.18. The van der Waals surface area contributed by atoms with E-state index >= 15 is 0 Å². The molecule has 5 rings (SSSR count). The highest BCUT2D eigenvalue weighted by Crippen LogP contribution is 2.24. The first kappa shape index (κ1) is 22.5. The van der Waals surface area contributed by atoms with Crippen LogP contribution in [0.2, 0.25) is 0 Å². The van der Waals surface area contributed by atoms with Crippen LogP contribution in [0.15, 0.2) is 50.8 Å². The van der Waals surface area contributed by atoms with Gasteiger partial charge in [0.05, 0.1) is 10.4 Å². The summed E-state index contributed by atoms with van der Waals surface area (Å²) in [6, 6.07) is 6.23. The van der Waals surface area contributed by atoms with E-state index in [0.29, 0.717) is 50.7 Å². The molecule has 3 aromatic rings. The molecule has 11 nitrogen and oxygen atoms in total. The van der Waals surface area contributed by atoms with Gasteiger partial charge in [0.15, 0.2) is 5.58 Å². The third-order valence-electron chi connectivity index (χ3n) is 6.36. The molecule has 0 aliphatic carbocycles. The SMILES string of the molecule is O=C(CCn1c(=O)oc2cc(S(=O)(=O)N3CCCC3)ccc21)N1CCN(c2ncccn2)CC1. The Balaban J connectivity index is 1.24. The van der Waals surface area contributed by atoms with Crippen LogP contribution in [0.5, 0.6) is 0 Å². The molecule has 2 aliphatic heterocycles. The summed E-state index contributed by atoms with van der Waals surface area (Å²) in [4.78, 5) is 37.6. The van der Waals surface area contributed by atoms with Crippen LogP contribution in [-0.2, 0) is 21.4 Å². The summed E-state index contributed by atoms with van der Waals surface area (Å²) in [5.41, 5.74) is 0.679. The van der Waals surface area contributed by atoms with Gasteiger partial charge in [-0.05, 0) is 31.0 Å². The maximum Gasteiger partial charge on any atom is 0.419 e. The molecule has 2 aliphatic rings. The van der Waals surface area contributed by atoms with Crippen molar-refractivity contribution in [2.24, 2.45) is 0 Å². The van der Waals surface area contributed by atoms with Crippen molar-refractivity contribution in [1.82, 2.24) is 23.7 Å². The average molecular weight is 487 g/mol. The van der Waals surface area contributed by atoms with E-state index < -0.39 is 15.8 Å². The molecule has 0 radical (unpaired) electrons. The lowest BCUT2D eigenvalue weighted by Gasteiger charge is -2.34. The number of carbonyl (C=O) groups excluding carboxylic acids is 1. The van der Waals surface area contributed by atoms with Crippen LogP contribution in [0.4, 0.5) is 5.95 Å². The number of aryl methyl sites for hydroxylation is 1. The Morgan fingerprint density at radius 1 is 1.00 bits per heavy atom. The third kappa shape index (κ3) is 4.30. The first-order valence-corrected chi connectivity index (χ1v) is 12.8. The summed E-state index contributed by atoms with van der Waals surface area (Å²) >= 11 is 0. The summed E-state index contributed by atoms with van der Waals surface area (Å²) in [6.45, 7) is 3.54. The van der Waals surface area contributed by atoms with Gasteiger partial charge in [0.2, 0.25) is 21.9 Å². The molecule has 4 heterocycles. The molecular formula is C22H26N6O5S. The molecule has 0 atom stereocenters. The number of amides is 1. The zero-order valence-corrected chi connectivity index (χ0v) is 19.5. The van der Waals surface area contributed by atoms with Gasteiger partial charge in [0.1, 0.15) is 0 Å². The van der Waals surface area contributed by atoms with Gasteiger partial charge in [-0.3, -0.25) is 9.36 Å². The molecule has 0 N–H and O–H groups in total. The molecule has 1 amide bonds. The number of hydrogen-bond acceptors (Lipinski definition) is 8. The van der Waals surface area contributed by atoms with Crippen LogP contribution in [0, 0.1) is 0 Å². The van der Waals surface area contributed by atoms with Crippen LogP contribution in [0.1, 0.15) is 19.3 Å². The molecule has 180 valence electrons. The Morgan fingerprint density at radius 3 is 2.41 bits per heavy atom. The number of fused-ring (bicyclic) bond motifs is 1. The maximum absolute atomic E-state index is 12.8. The zero-order valence-electron chi connectivity index (χ0n) is 18.7. The molecule has 2 saturated heterocycles. The average Bonchev–Trinajstić information content (AvgIpc) is 3.51. The minimum absolute atomic E-state index is 0.0527. The van der Waals surface area contributed by atoms with Crippen LogP contribution in [0.3, 0.4) is 0 Å². The second-order valence-corrected chi connectivity index (χ2v) is 10.4. The fourth-order valence-corrected chi connectivity index (χ4v) is 6.01. The lowest BCUT2D eigenvalue weighted by molar-refractivity contribution is -0.131. The van der Waals surface area contributed by atoms with E-state index in [1.807, 2.05) is 4.90 Å². The molecule has 12 heteroatoms. The van der Waals surface area contributed by atoms with Crippen molar-refractivity contribution < 1.29 is 17.6 Å². The van der Waals surface area contributed by atoms with Gasteiger partial charge in [-0.15, -0.1) is 0 Å². The fourth-order valence-electron chi connectivity index (χ4n) is 4.47. The quantitative estimate of drug-likeness (QED) is 0.504. The normalized spacial score (nSPS) is 17.5. The summed E-state index contributed by atoms with van der Waals surface area (Å²) in [5.74, 6) is -0.00943. The summed E-state index contributed by atoms with van der Waals surface area (Å²) in [6.07, 6.45) is 5.21. The number of sulfonamides is 1. The van der Waals surface area contributed by atoms with E-state index in [4.69, 9.17) is 4.42 Å². The monoisotopic (exact) mass is 486 g/mol. The molecule has 0 unspecified atom stereocenters. The van der Waals surface area contributed by atoms with Crippen LogP contribution in [0.25, 0.3) is 11.1 Å². The van der Waals surface area contributed by atoms with Crippen LogP contribution < -0.4 is 10.7 Å². The summed E-state index contributed by atoms with van der Waals surface area (Å²) in [7, 11) is -3.61. The van der Waals surface area contributed by atoms with Crippen molar-refractivity contribution in [3.05, 3.63) is 47.2 Å². The lowest BCUT2D eigenvalue weighted by Crippen LogP contribution is -2.49. The Kier molecular flexibility index (Phi) is 6.09. The number of hydrogen-bond donors (Lipinski definition) is 0. The van der Waals surface area contributed by atoms with Gasteiger partial charge in [-0.1, -0.05) is 0 Å². The van der Waals surface area contributed by atoms with Gasteiger partial charge in [-0.2, -0.15) is 4.31 Å². The molecule has 0 saturated carbocycles. The third-order valence-corrected chi connectivity index (χ3v) is 8.25. The zero-order chi connectivity index (χ0) is 23.7. The number of piperazine rings is 1. The van der Waals surface area contributed by atoms with Crippen molar-refractivity contribution in [3.8, 4) is 0 Å². The highest BCUT2D eigenvalue weighted by molar-refractivity contribution is 7.89. The predicted molar refractivity (Wildman–Crippen MR) is 124 cm³/mol. The van der Waals surface area contributed by atoms with E-state index in [-0.39, 0.29) is 29.4 Å². The number of benzene rings is 1. The van der Waals surface area contributed by atoms with Gasteiger partial charge in [0, 0.05) is 70.7 Å². The Bertz CT molecular complexity index is 1340. The van der Waals surface area contributed by atoms with E-state index in [1.165, 1.54) is 21.0 Å². The van der Waals surface area contributed by atoms with Crippen LogP contribution >= 0.6 is 0 Å². The first-order chi connectivity index (χ1) is 16.4. The Hall–Kier alpha value is -3.25. The number of oxazole rings is 1. The number of aromatic nitrogens is 3. The van der Waals surface area contributed by atoms with E-state index in [1.54, 1.807) is 29.4 Å². The molecule has 34 heavy (non-hydrogen) atoms. The van der Waals surface area contributed by atoms with E-state index in [9.17, 15) is 18.0 Å². The first-order valence-electron chi connectivity index (χ1n) is 11.4. The van der Waals surface area contributed by atoms with Crippen LogP contribution in [-0.4, -0.2) is 77.3 Å². The summed E-state index contributed by atoms with van der Waals surface area (Å²) < 4.78 is 33.8. The molecule has 1 aromatic carbocycles. The number of anilines is 1. The molecule has 0 spiro atoms. The standard InChI is InChI=1S/C22H26N6O5S/c29-20(25-12-14-26(15-13-25)21-23-7-3-8-24-21)6-11-28-18-5-4-17(16-19(18)33-22(28)30)34(31,32)27-9-1-2-10-27/h3-5,7-8,16H,1-2,6,9-15H2. The molecule has 2 fully saturated rings. The van der Waals surface area contributed by atoms with Crippen molar-refractivity contribution >= 4 is 33.0 Å². The number of nitrogens with zero attached hydrogens (tertiary/aromatic N) is 6. The summed E-state index contributed by atoms with van der Waals surface area (Å²) in [5, 5.41) is 0. The van der Waals surface area contributed by atoms with Gasteiger partial charge in [0.25, 0.3) is 0 Å². The van der Waals surface area contributed by atoms with Crippen molar-refractivity contribution in [1.29, 1.82) is 0 Å². The van der Waals surface area contributed by atoms with Crippen molar-refractivity contribution in [2.45, 2.75) is 30.7 Å². The minimum Gasteiger partial charge on any atom is -0.408 e. The van der Waals surface area contributed by atoms with Crippen molar-refractivity contribution in [3.63, 3.8) is 0 Å². The topological polar surface area (TPSA) is 122 Å². The Morgan fingerprint density at radius 2 is 1.71 bits per heavy atom. The molecule has 2 aromatic heterocycles. The van der Waals surface area contributed by atoms with E-state index in [0.717, 1.165) is 12.8 Å². The lowest BCUT2D eigenvalue weighted by atomic mass is 10.2. The molecular weight excluding hydrogens is 460 g/mol. The Labute approximate surface area is 196 Å². The van der Waals surface area contributed by atoms with E-state index in [2.05, 4.69) is 9.97 Å². The predicted octanol–water partition coefficient (Wildman–Crippen LogP) is 0.908. The van der Waals surface area contributed by atoms with Gasteiger partial charge >= 0.3 is 5.76 Å². The fraction of sp³-hybridized carbons (Fsp3) is 0.455. The highest BCUT2D eigenvalue weighted by atomic mass is 32.2. The maximum atomic E-state index is 12.8. The van der Waals surface area contributed by atoms with Gasteiger partial charge < -0.3 is 14.2 Å². The highest BCUT2D eigenvalue weighted by Gasteiger charge is 2.28. The number of carbonyl (C=O) groups is 1. The smallest absolute Gasteiger partial charge is 0.408 e. The van der Waals surface area contributed by atoms with Gasteiger partial charge in [-0.25, -0.2) is 23.2 Å². The molecule has 0 bridgehead atoms. The number of rotatable bonds is 6. The largest absolute Gasteiger partial charge is 0.419 e. The second-order valence-electron chi connectivity index (χ2n) is 8.43. The minimum atomic E-state index is -3.61.